The predicted molar refractivity (Wildman–Crippen MR) is 208 cm³/mol. The summed E-state index contributed by atoms with van der Waals surface area (Å²) >= 11 is 0. The molecular weight excluding hydrogens is 577 g/mol. The van der Waals surface area contributed by atoms with Gasteiger partial charge in [0.05, 0.1) is 0 Å². The van der Waals surface area contributed by atoms with Gasteiger partial charge in [-0.3, -0.25) is 0 Å². The Balaban J connectivity index is 1.33. The Labute approximate surface area is 279 Å². The topological polar surface area (TPSA) is 0 Å². The molecule has 0 aromatic heterocycles. The largest absolute Gasteiger partial charge is 0.0616 e. The van der Waals surface area contributed by atoms with Crippen molar-refractivity contribution in [2.24, 2.45) is 0 Å². The van der Waals surface area contributed by atoms with Crippen molar-refractivity contribution in [3.05, 3.63) is 182 Å². The molecule has 0 spiro atoms. The molecule has 0 heteroatoms. The fourth-order valence-electron chi connectivity index (χ4n) is 8.02. The zero-order chi connectivity index (χ0) is 31.6. The molecule has 0 fully saturated rings. The highest BCUT2D eigenvalue weighted by molar-refractivity contribution is 6.26. The Bertz CT molecular complexity index is 2840. The van der Waals surface area contributed by atoms with E-state index in [2.05, 4.69) is 182 Å². The van der Waals surface area contributed by atoms with Gasteiger partial charge in [0.2, 0.25) is 0 Å². The highest BCUT2D eigenvalue weighted by Crippen LogP contribution is 2.44. The fraction of sp³-hybridized carbons (Fsp3) is 0. The van der Waals surface area contributed by atoms with Crippen molar-refractivity contribution in [1.29, 1.82) is 0 Å². The zero-order valence-electron chi connectivity index (χ0n) is 26.3. The van der Waals surface area contributed by atoms with Gasteiger partial charge in [0, 0.05) is 0 Å². The Kier molecular flexibility index (Phi) is 5.98. The molecule has 0 N–H and O–H groups in total. The molecule has 10 aromatic rings. The molecule has 0 aliphatic rings. The minimum atomic E-state index is 1.23. The maximum Gasteiger partial charge on any atom is -0.00262 e. The third-order valence-electron chi connectivity index (χ3n) is 10.2. The van der Waals surface area contributed by atoms with Crippen LogP contribution < -0.4 is 0 Å². The SMILES string of the molecule is c1ccc2c(-c3ccc4ccc(-c5cccc6ccccc56)c(-c5ccc6c7ccccc7c7ccccc7c6c5)c4c3)cccc2c1. The van der Waals surface area contributed by atoms with E-state index in [0.717, 1.165) is 0 Å². The molecule has 222 valence electrons. The normalized spacial score (nSPS) is 11.8. The first kappa shape index (κ1) is 26.9. The Morgan fingerprint density at radius 3 is 1.31 bits per heavy atom. The summed E-state index contributed by atoms with van der Waals surface area (Å²) in [6.45, 7) is 0. The van der Waals surface area contributed by atoms with Gasteiger partial charge in [0.15, 0.2) is 0 Å². The molecular formula is C48H30. The number of fused-ring (bicyclic) bond motifs is 9. The van der Waals surface area contributed by atoms with Gasteiger partial charge in [0.1, 0.15) is 0 Å². The number of benzene rings is 10. The van der Waals surface area contributed by atoms with Crippen molar-refractivity contribution < 1.29 is 0 Å². The van der Waals surface area contributed by atoms with E-state index in [1.165, 1.54) is 98.0 Å². The molecule has 0 unspecified atom stereocenters. The summed E-state index contributed by atoms with van der Waals surface area (Å²) in [6, 6.07) is 67.2. The van der Waals surface area contributed by atoms with Crippen molar-refractivity contribution in [3.63, 3.8) is 0 Å². The molecule has 0 aliphatic heterocycles. The molecule has 48 heavy (non-hydrogen) atoms. The summed E-state index contributed by atoms with van der Waals surface area (Å²) in [7, 11) is 0. The first-order valence-corrected chi connectivity index (χ1v) is 16.7. The second-order valence-corrected chi connectivity index (χ2v) is 12.8. The van der Waals surface area contributed by atoms with Crippen LogP contribution in [0.5, 0.6) is 0 Å². The summed E-state index contributed by atoms with van der Waals surface area (Å²) in [4.78, 5) is 0. The Morgan fingerprint density at radius 1 is 0.208 bits per heavy atom. The van der Waals surface area contributed by atoms with Gasteiger partial charge in [-0.2, -0.15) is 0 Å². The molecule has 0 radical (unpaired) electrons. The van der Waals surface area contributed by atoms with Crippen molar-refractivity contribution in [2.75, 3.05) is 0 Å². The average Bonchev–Trinajstić information content (AvgIpc) is 3.16. The van der Waals surface area contributed by atoms with Crippen LogP contribution >= 0.6 is 0 Å². The molecule has 0 aliphatic carbocycles. The van der Waals surface area contributed by atoms with E-state index < -0.39 is 0 Å². The molecule has 0 bridgehead atoms. The molecule has 0 amide bonds. The monoisotopic (exact) mass is 606 g/mol. The van der Waals surface area contributed by atoms with Crippen LogP contribution in [-0.2, 0) is 0 Å². The molecule has 10 aromatic carbocycles. The summed E-state index contributed by atoms with van der Waals surface area (Å²) in [5.41, 5.74) is 7.49. The average molecular weight is 607 g/mol. The fourth-order valence-corrected chi connectivity index (χ4v) is 8.02. The smallest absolute Gasteiger partial charge is 0.00262 e. The van der Waals surface area contributed by atoms with E-state index >= 15 is 0 Å². The molecule has 0 saturated carbocycles. The van der Waals surface area contributed by atoms with E-state index in [1.807, 2.05) is 0 Å². The van der Waals surface area contributed by atoms with E-state index in [1.54, 1.807) is 0 Å². The van der Waals surface area contributed by atoms with Crippen LogP contribution in [0, 0.1) is 0 Å². The summed E-state index contributed by atoms with van der Waals surface area (Å²) < 4.78 is 0. The lowest BCUT2D eigenvalue weighted by Crippen LogP contribution is -1.91. The maximum atomic E-state index is 2.44. The van der Waals surface area contributed by atoms with Crippen molar-refractivity contribution in [2.45, 2.75) is 0 Å². The van der Waals surface area contributed by atoms with Crippen LogP contribution in [-0.4, -0.2) is 0 Å². The summed E-state index contributed by atoms with van der Waals surface area (Å²) in [5, 5.41) is 15.3. The molecule has 0 atom stereocenters. The molecule has 0 heterocycles. The molecule has 10 rings (SSSR count). The van der Waals surface area contributed by atoms with Gasteiger partial charge >= 0.3 is 0 Å². The summed E-state index contributed by atoms with van der Waals surface area (Å²) in [6.07, 6.45) is 0. The van der Waals surface area contributed by atoms with Gasteiger partial charge in [-0.15, -0.1) is 0 Å². The van der Waals surface area contributed by atoms with Gasteiger partial charge in [-0.05, 0) is 110 Å². The summed E-state index contributed by atoms with van der Waals surface area (Å²) in [5.74, 6) is 0. The van der Waals surface area contributed by atoms with Gasteiger partial charge in [-0.1, -0.05) is 170 Å². The minimum absolute atomic E-state index is 1.23. The number of rotatable bonds is 3. The number of hydrogen-bond donors (Lipinski definition) is 0. The van der Waals surface area contributed by atoms with E-state index in [-0.39, 0.29) is 0 Å². The van der Waals surface area contributed by atoms with Crippen molar-refractivity contribution in [3.8, 4) is 33.4 Å². The van der Waals surface area contributed by atoms with E-state index in [0.29, 0.717) is 0 Å². The second kappa shape index (κ2) is 10.7. The van der Waals surface area contributed by atoms with Crippen LogP contribution in [0.25, 0.3) is 98.0 Å². The highest BCUT2D eigenvalue weighted by atomic mass is 14.2. The predicted octanol–water partition coefficient (Wildman–Crippen LogP) is 13.6. The first-order chi connectivity index (χ1) is 23.8. The third kappa shape index (κ3) is 4.10. The lowest BCUT2D eigenvalue weighted by Gasteiger charge is -2.18. The zero-order valence-corrected chi connectivity index (χ0v) is 26.3. The van der Waals surface area contributed by atoms with Gasteiger partial charge in [-0.25, -0.2) is 0 Å². The van der Waals surface area contributed by atoms with Crippen molar-refractivity contribution in [1.82, 2.24) is 0 Å². The quantitative estimate of drug-likeness (QED) is 0.176. The van der Waals surface area contributed by atoms with Crippen LogP contribution in [0.3, 0.4) is 0 Å². The van der Waals surface area contributed by atoms with E-state index in [9.17, 15) is 0 Å². The molecule has 0 saturated heterocycles. The van der Waals surface area contributed by atoms with Crippen LogP contribution in [0.15, 0.2) is 182 Å². The molecule has 0 nitrogen and oxygen atoms in total. The van der Waals surface area contributed by atoms with Crippen LogP contribution in [0.1, 0.15) is 0 Å². The highest BCUT2D eigenvalue weighted by Gasteiger charge is 2.17. The standard InChI is InChI=1S/C48H30/c1-3-15-36-31(11-1)13-9-21-38(36)34-24-23-33-25-28-45(39-22-10-14-32-12-2-4-16-37(32)39)48(46(33)29-34)35-26-27-44-42-19-6-5-17-40(42)41-18-7-8-20-43(41)47(44)30-35/h1-30H. The van der Waals surface area contributed by atoms with E-state index in [4.69, 9.17) is 0 Å². The Hall–Kier alpha value is -6.24. The third-order valence-corrected chi connectivity index (χ3v) is 10.2. The maximum absolute atomic E-state index is 2.44. The Morgan fingerprint density at radius 2 is 0.646 bits per heavy atom. The van der Waals surface area contributed by atoms with Gasteiger partial charge < -0.3 is 0 Å². The van der Waals surface area contributed by atoms with Crippen LogP contribution in [0.4, 0.5) is 0 Å². The second-order valence-electron chi connectivity index (χ2n) is 12.8. The van der Waals surface area contributed by atoms with Crippen LogP contribution in [0.2, 0.25) is 0 Å². The minimum Gasteiger partial charge on any atom is -0.0616 e. The lowest BCUT2D eigenvalue weighted by molar-refractivity contribution is 1.64. The first-order valence-electron chi connectivity index (χ1n) is 16.7. The van der Waals surface area contributed by atoms with Gasteiger partial charge in [0.25, 0.3) is 0 Å². The number of hydrogen-bond acceptors (Lipinski definition) is 0. The van der Waals surface area contributed by atoms with Crippen molar-refractivity contribution >= 4 is 64.6 Å². The lowest BCUT2D eigenvalue weighted by atomic mass is 9.85.